The summed E-state index contributed by atoms with van der Waals surface area (Å²) in [5.41, 5.74) is 2.17. The monoisotopic (exact) mass is 340 g/mol. The second-order valence-electron chi connectivity index (χ2n) is 5.46. The third-order valence-corrected chi connectivity index (χ3v) is 4.39. The summed E-state index contributed by atoms with van der Waals surface area (Å²) in [5, 5.41) is 8.82. The van der Waals surface area contributed by atoms with Crippen LogP contribution >= 0.6 is 11.8 Å². The van der Waals surface area contributed by atoms with E-state index in [1.165, 1.54) is 5.56 Å². The smallest absolute Gasteiger partial charge is 0.276 e. The van der Waals surface area contributed by atoms with Gasteiger partial charge in [-0.05, 0) is 44.0 Å². The van der Waals surface area contributed by atoms with Gasteiger partial charge in [0.25, 0.3) is 5.22 Å². The molecule has 0 aliphatic carbocycles. The average molecular weight is 340 g/mol. The average Bonchev–Trinajstić information content (AvgIpc) is 3.08. The van der Waals surface area contributed by atoms with Gasteiger partial charge in [-0.25, -0.2) is 0 Å². The Hall–Kier alpha value is -2.27. The van der Waals surface area contributed by atoms with E-state index in [-0.39, 0.29) is 0 Å². The molecule has 0 amide bonds. The molecule has 24 heavy (non-hydrogen) atoms. The highest BCUT2D eigenvalue weighted by atomic mass is 32.2. The molecule has 0 aliphatic rings. The fraction of sp³-hybridized carbons (Fsp3) is 0.263. The fourth-order valence-corrected chi connectivity index (χ4v) is 2.91. The molecule has 0 aliphatic heterocycles. The molecule has 0 spiro atoms. The van der Waals surface area contributed by atoms with Crippen molar-refractivity contribution < 1.29 is 9.15 Å². The molecule has 0 bridgehead atoms. The lowest BCUT2D eigenvalue weighted by Gasteiger charge is -2.04. The van der Waals surface area contributed by atoms with Crippen LogP contribution in [0.5, 0.6) is 5.75 Å². The zero-order valence-electron chi connectivity index (χ0n) is 13.6. The minimum atomic E-state index is 0.574. The molecule has 1 aromatic heterocycles. The number of benzene rings is 2. The Morgan fingerprint density at radius 1 is 0.958 bits per heavy atom. The van der Waals surface area contributed by atoms with Crippen molar-refractivity contribution in [1.29, 1.82) is 0 Å². The zero-order chi connectivity index (χ0) is 16.6. The summed E-state index contributed by atoms with van der Waals surface area (Å²) >= 11 is 1.59. The van der Waals surface area contributed by atoms with Crippen molar-refractivity contribution >= 4 is 11.8 Å². The highest BCUT2D eigenvalue weighted by molar-refractivity contribution is 7.99. The van der Waals surface area contributed by atoms with Crippen LogP contribution in [-0.2, 0) is 0 Å². The summed E-state index contributed by atoms with van der Waals surface area (Å²) in [6.45, 7) is 2.78. The van der Waals surface area contributed by atoms with Gasteiger partial charge in [0.1, 0.15) is 5.75 Å². The predicted octanol–water partition coefficient (Wildman–Crippen LogP) is 5.00. The van der Waals surface area contributed by atoms with Gasteiger partial charge in [-0.2, -0.15) is 0 Å². The van der Waals surface area contributed by atoms with E-state index in [9.17, 15) is 0 Å². The minimum Gasteiger partial charge on any atom is -0.494 e. The summed E-state index contributed by atoms with van der Waals surface area (Å²) in [5.74, 6) is 2.43. The van der Waals surface area contributed by atoms with Crippen LogP contribution in [0.25, 0.3) is 11.5 Å². The van der Waals surface area contributed by atoms with Crippen molar-refractivity contribution in [2.24, 2.45) is 0 Å². The van der Waals surface area contributed by atoms with Crippen LogP contribution in [0, 0.1) is 6.92 Å². The van der Waals surface area contributed by atoms with Crippen molar-refractivity contribution in [2.75, 3.05) is 12.4 Å². The van der Waals surface area contributed by atoms with E-state index < -0.39 is 0 Å². The molecule has 4 nitrogen and oxygen atoms in total. The molecular weight excluding hydrogens is 320 g/mol. The van der Waals surface area contributed by atoms with Crippen LogP contribution in [0.4, 0.5) is 0 Å². The van der Waals surface area contributed by atoms with E-state index in [2.05, 4.69) is 17.1 Å². The molecule has 0 fully saturated rings. The minimum absolute atomic E-state index is 0.574. The first kappa shape index (κ1) is 16.6. The third kappa shape index (κ3) is 4.86. The van der Waals surface area contributed by atoms with Gasteiger partial charge in [0, 0.05) is 11.3 Å². The zero-order valence-corrected chi connectivity index (χ0v) is 14.5. The second-order valence-corrected chi connectivity index (χ2v) is 6.50. The van der Waals surface area contributed by atoms with Gasteiger partial charge < -0.3 is 9.15 Å². The maximum Gasteiger partial charge on any atom is 0.276 e. The highest BCUT2D eigenvalue weighted by Crippen LogP contribution is 2.24. The Kier molecular flexibility index (Phi) is 5.90. The molecule has 1 heterocycles. The number of unbranched alkanes of at least 4 members (excludes halogenated alkanes) is 1. The molecule has 2 aromatic carbocycles. The highest BCUT2D eigenvalue weighted by Gasteiger charge is 2.08. The number of thioether (sulfide) groups is 1. The van der Waals surface area contributed by atoms with Gasteiger partial charge in [-0.3, -0.25) is 0 Å². The molecule has 0 N–H and O–H groups in total. The Balaban J connectivity index is 1.37. The van der Waals surface area contributed by atoms with Crippen LogP contribution in [0.3, 0.4) is 0 Å². The number of aryl methyl sites for hydroxylation is 1. The molecule has 0 saturated heterocycles. The first-order chi connectivity index (χ1) is 11.8. The van der Waals surface area contributed by atoms with Crippen molar-refractivity contribution in [3.8, 4) is 17.2 Å². The van der Waals surface area contributed by atoms with Crippen molar-refractivity contribution in [3.63, 3.8) is 0 Å². The number of hydrogen-bond donors (Lipinski definition) is 0. The standard InChI is InChI=1S/C19H20N2O2S/c1-15-9-11-16(12-10-15)18-20-21-19(23-18)24-14-6-5-13-22-17-7-3-2-4-8-17/h2-4,7-12H,5-6,13-14H2,1H3. The molecule has 124 valence electrons. The molecule has 0 radical (unpaired) electrons. The molecule has 0 unspecified atom stereocenters. The Morgan fingerprint density at radius 3 is 2.54 bits per heavy atom. The number of ether oxygens (including phenoxy) is 1. The van der Waals surface area contributed by atoms with Crippen LogP contribution in [0.2, 0.25) is 0 Å². The molecule has 3 rings (SSSR count). The number of rotatable bonds is 8. The molecule has 3 aromatic rings. The van der Waals surface area contributed by atoms with Crippen molar-refractivity contribution in [3.05, 3.63) is 60.2 Å². The number of hydrogen-bond acceptors (Lipinski definition) is 5. The van der Waals surface area contributed by atoms with Gasteiger partial charge in [-0.1, -0.05) is 47.7 Å². The van der Waals surface area contributed by atoms with Crippen molar-refractivity contribution in [2.45, 2.75) is 25.0 Å². The molecule has 5 heteroatoms. The quantitative estimate of drug-likeness (QED) is 0.427. The number of aromatic nitrogens is 2. The normalized spacial score (nSPS) is 10.7. The number of para-hydroxylation sites is 1. The van der Waals surface area contributed by atoms with Crippen LogP contribution in [-0.4, -0.2) is 22.6 Å². The Labute approximate surface area is 146 Å². The van der Waals surface area contributed by atoms with Gasteiger partial charge in [0.15, 0.2) is 0 Å². The fourth-order valence-electron chi connectivity index (χ4n) is 2.15. The van der Waals surface area contributed by atoms with E-state index in [1.54, 1.807) is 11.8 Å². The van der Waals surface area contributed by atoms with Crippen LogP contribution in [0.15, 0.2) is 64.2 Å². The Morgan fingerprint density at radius 2 is 1.75 bits per heavy atom. The molecule has 0 saturated carbocycles. The van der Waals surface area contributed by atoms with Crippen LogP contribution < -0.4 is 4.74 Å². The SMILES string of the molecule is Cc1ccc(-c2nnc(SCCCCOc3ccccc3)o2)cc1. The third-order valence-electron chi connectivity index (χ3n) is 3.48. The largest absolute Gasteiger partial charge is 0.494 e. The number of nitrogens with zero attached hydrogens (tertiary/aromatic N) is 2. The Bertz CT molecular complexity index is 742. The van der Waals surface area contributed by atoms with E-state index in [4.69, 9.17) is 9.15 Å². The van der Waals surface area contributed by atoms with Crippen molar-refractivity contribution in [1.82, 2.24) is 10.2 Å². The van der Waals surface area contributed by atoms with Crippen LogP contribution in [0.1, 0.15) is 18.4 Å². The topological polar surface area (TPSA) is 48.2 Å². The second kappa shape index (κ2) is 8.55. The maximum absolute atomic E-state index is 5.69. The lowest BCUT2D eigenvalue weighted by Crippen LogP contribution is -1.97. The maximum atomic E-state index is 5.69. The van der Waals surface area contributed by atoms with Gasteiger partial charge >= 0.3 is 0 Å². The first-order valence-electron chi connectivity index (χ1n) is 8.02. The van der Waals surface area contributed by atoms with E-state index >= 15 is 0 Å². The summed E-state index contributed by atoms with van der Waals surface area (Å²) in [6.07, 6.45) is 2.04. The lowest BCUT2D eigenvalue weighted by atomic mass is 10.1. The first-order valence-corrected chi connectivity index (χ1v) is 9.01. The predicted molar refractivity (Wildman–Crippen MR) is 96.4 cm³/mol. The molecule has 0 atom stereocenters. The van der Waals surface area contributed by atoms with E-state index in [0.29, 0.717) is 11.1 Å². The van der Waals surface area contributed by atoms with Gasteiger partial charge in [-0.15, -0.1) is 10.2 Å². The van der Waals surface area contributed by atoms with E-state index in [0.717, 1.165) is 36.5 Å². The van der Waals surface area contributed by atoms with E-state index in [1.807, 2.05) is 54.6 Å². The summed E-state index contributed by atoms with van der Waals surface area (Å²) in [4.78, 5) is 0. The molecular formula is C19H20N2O2S. The summed E-state index contributed by atoms with van der Waals surface area (Å²) in [6, 6.07) is 18.0. The lowest BCUT2D eigenvalue weighted by molar-refractivity contribution is 0.310. The van der Waals surface area contributed by atoms with Gasteiger partial charge in [0.05, 0.1) is 6.61 Å². The summed E-state index contributed by atoms with van der Waals surface area (Å²) < 4.78 is 11.4. The van der Waals surface area contributed by atoms with Gasteiger partial charge in [0.2, 0.25) is 5.89 Å². The summed E-state index contributed by atoms with van der Waals surface area (Å²) in [7, 11) is 0.